The number of benzene rings is 2. The lowest BCUT2D eigenvalue weighted by Crippen LogP contribution is -2.44. The van der Waals surface area contributed by atoms with Gasteiger partial charge in [-0.2, -0.15) is 12.6 Å². The van der Waals surface area contributed by atoms with Gasteiger partial charge in [-0.15, -0.1) is 0 Å². The Morgan fingerprint density at radius 3 is 1.82 bits per heavy atom. The highest BCUT2D eigenvalue weighted by Crippen LogP contribution is 2.28. The van der Waals surface area contributed by atoms with Crippen LogP contribution in [0.3, 0.4) is 0 Å². The molecule has 45 heavy (non-hydrogen) atoms. The van der Waals surface area contributed by atoms with Gasteiger partial charge in [0.05, 0.1) is 37.3 Å². The summed E-state index contributed by atoms with van der Waals surface area (Å²) in [5.74, 6) is -2.34. The molecule has 0 unspecified atom stereocenters. The molecule has 2 aromatic carbocycles. The smallest absolute Gasteiger partial charge is 0.262 e. The van der Waals surface area contributed by atoms with Crippen LogP contribution in [0.25, 0.3) is 10.9 Å². The first-order valence-corrected chi connectivity index (χ1v) is 15.4. The van der Waals surface area contributed by atoms with E-state index in [1.54, 1.807) is 28.8 Å². The number of amides is 5. The van der Waals surface area contributed by atoms with E-state index in [0.717, 1.165) is 22.0 Å². The molecule has 0 bridgehead atoms. The molecule has 0 aliphatic heterocycles. The third kappa shape index (κ3) is 10.6. The Hall–Kier alpha value is -4.36. The number of rotatable bonds is 15. The van der Waals surface area contributed by atoms with E-state index < -0.39 is 23.6 Å². The molecule has 0 spiro atoms. The van der Waals surface area contributed by atoms with E-state index in [4.69, 9.17) is 11.6 Å². The van der Waals surface area contributed by atoms with Gasteiger partial charge in [-0.1, -0.05) is 23.2 Å². The molecule has 1 aromatic heterocycles. The van der Waals surface area contributed by atoms with E-state index in [9.17, 15) is 28.8 Å². The van der Waals surface area contributed by atoms with Crippen LogP contribution in [0.1, 0.15) is 40.0 Å². The molecule has 14 heteroatoms. The third-order valence-electron chi connectivity index (χ3n) is 6.85. The van der Waals surface area contributed by atoms with Gasteiger partial charge in [-0.25, -0.2) is 0 Å². The maximum atomic E-state index is 13.4. The van der Waals surface area contributed by atoms with Crippen LogP contribution in [-0.2, 0) is 30.4 Å². The van der Waals surface area contributed by atoms with Crippen LogP contribution in [0.4, 0.5) is 0 Å². The summed E-state index contributed by atoms with van der Waals surface area (Å²) < 4.78 is 1.63. The first-order valence-electron chi connectivity index (χ1n) is 14.3. The van der Waals surface area contributed by atoms with Gasteiger partial charge in [0.25, 0.3) is 5.91 Å². The first-order chi connectivity index (χ1) is 21.5. The number of hydrogen-bond donors (Lipinski definition) is 6. The van der Waals surface area contributed by atoms with Crippen molar-refractivity contribution in [3.8, 4) is 0 Å². The maximum Gasteiger partial charge on any atom is 0.262 e. The Morgan fingerprint density at radius 2 is 1.24 bits per heavy atom. The van der Waals surface area contributed by atoms with Crippen molar-refractivity contribution in [2.75, 3.05) is 38.5 Å². The van der Waals surface area contributed by atoms with Crippen LogP contribution in [0, 0.1) is 13.8 Å². The van der Waals surface area contributed by atoms with Gasteiger partial charge < -0.3 is 26.6 Å². The molecule has 0 saturated carbocycles. The van der Waals surface area contributed by atoms with E-state index in [0.29, 0.717) is 42.2 Å². The fraction of sp³-hybridized carbons (Fsp3) is 0.355. The molecule has 1 heterocycles. The van der Waals surface area contributed by atoms with Crippen LogP contribution in [0.15, 0.2) is 42.5 Å². The zero-order chi connectivity index (χ0) is 32.9. The number of aryl methyl sites for hydroxylation is 1. The second kappa shape index (κ2) is 17.2. The Kier molecular flexibility index (Phi) is 13.4. The monoisotopic (exact) mass is 656 g/mol. The van der Waals surface area contributed by atoms with Gasteiger partial charge in [-0.05, 0) is 68.7 Å². The normalized spacial score (nSPS) is 10.7. The molecule has 0 fully saturated rings. The van der Waals surface area contributed by atoms with E-state index in [1.165, 1.54) is 0 Å². The average molecular weight is 657 g/mol. The molecule has 240 valence electrons. The largest absolute Gasteiger partial charge is 0.356 e. The number of nitrogens with one attached hydrogen (secondary N) is 5. The Morgan fingerprint density at radius 1 is 0.711 bits per heavy atom. The molecule has 3 aromatic rings. The number of carbonyl (C=O) groups is 6. The van der Waals surface area contributed by atoms with Crippen LogP contribution in [0.2, 0.25) is 5.02 Å². The van der Waals surface area contributed by atoms with E-state index in [-0.39, 0.29) is 43.6 Å². The number of aromatic nitrogens is 1. The van der Waals surface area contributed by atoms with Gasteiger partial charge in [0.2, 0.25) is 29.5 Å². The molecule has 0 aliphatic carbocycles. The Balaban J connectivity index is 1.40. The molecule has 0 aliphatic rings. The van der Waals surface area contributed by atoms with Crippen molar-refractivity contribution in [2.24, 2.45) is 0 Å². The highest BCUT2D eigenvalue weighted by molar-refractivity contribution is 7.81. The van der Waals surface area contributed by atoms with Gasteiger partial charge >= 0.3 is 0 Å². The van der Waals surface area contributed by atoms with Crippen molar-refractivity contribution in [1.29, 1.82) is 0 Å². The number of halogens is 1. The minimum atomic E-state index is -0.551. The molecule has 5 amide bonds. The van der Waals surface area contributed by atoms with Gasteiger partial charge in [0, 0.05) is 34.8 Å². The average Bonchev–Trinajstić information content (AvgIpc) is 3.28. The van der Waals surface area contributed by atoms with Crippen LogP contribution >= 0.6 is 24.2 Å². The van der Waals surface area contributed by atoms with Gasteiger partial charge in [0.15, 0.2) is 0 Å². The highest BCUT2D eigenvalue weighted by Gasteiger charge is 2.21. The number of nitrogens with zero attached hydrogens (tertiary/aromatic N) is 1. The molecule has 3 rings (SSSR count). The first kappa shape index (κ1) is 35.1. The summed E-state index contributed by atoms with van der Waals surface area (Å²) in [7, 11) is 0. The fourth-order valence-corrected chi connectivity index (χ4v) is 4.75. The van der Waals surface area contributed by atoms with Crippen molar-refractivity contribution in [2.45, 2.75) is 33.1 Å². The number of unbranched alkanes of at least 4 members (excludes halogenated alkanes) is 1. The minimum absolute atomic E-state index is 0.0546. The van der Waals surface area contributed by atoms with Crippen molar-refractivity contribution in [3.63, 3.8) is 0 Å². The predicted octanol–water partition coefficient (Wildman–Crippen LogP) is 1.43. The Labute approximate surface area is 271 Å². The molecule has 12 nitrogen and oxygen atoms in total. The summed E-state index contributed by atoms with van der Waals surface area (Å²) in [6.45, 7) is 3.68. The summed E-state index contributed by atoms with van der Waals surface area (Å²) in [5, 5.41) is 14.0. The standard InChI is InChI=1S/C31H37ClN6O6S/c1-19-5-10-25-24(13-19)23(20(2)38(25)31(44)21-6-8-22(32)9-7-21)14-26(39)33-11-3-4-12-34-27(40)15-35-28(41)16-36-29(42)17-37-30(43)18-45/h5-10,13,45H,3-4,11-12,14-18H2,1-2H3,(H,33,39)(H,34,40)(H,35,41)(H,36,42)(H,37,43). The van der Waals surface area contributed by atoms with Crippen molar-refractivity contribution >= 4 is 70.6 Å². The number of carbonyl (C=O) groups excluding carboxylic acids is 6. The van der Waals surface area contributed by atoms with Crippen LogP contribution < -0.4 is 26.6 Å². The SMILES string of the molecule is Cc1ccc2c(c1)c(CC(=O)NCCCCNC(=O)CNC(=O)CNC(=O)CNC(=O)CS)c(C)n2C(=O)c1ccc(Cl)cc1. The van der Waals surface area contributed by atoms with E-state index in [1.807, 2.05) is 32.0 Å². The lowest BCUT2D eigenvalue weighted by molar-refractivity contribution is -0.128. The van der Waals surface area contributed by atoms with E-state index in [2.05, 4.69) is 39.2 Å². The summed E-state index contributed by atoms with van der Waals surface area (Å²) in [6, 6.07) is 12.5. The summed E-state index contributed by atoms with van der Waals surface area (Å²) in [5.41, 5.74) is 3.71. The zero-order valence-corrected chi connectivity index (χ0v) is 26.8. The molecule has 0 atom stereocenters. The maximum absolute atomic E-state index is 13.4. The van der Waals surface area contributed by atoms with E-state index >= 15 is 0 Å². The van der Waals surface area contributed by atoms with Crippen molar-refractivity contribution in [3.05, 3.63) is 69.9 Å². The molecule has 0 radical (unpaired) electrons. The van der Waals surface area contributed by atoms with Gasteiger partial charge in [0.1, 0.15) is 0 Å². The second-order valence-electron chi connectivity index (χ2n) is 10.3. The Bertz CT molecular complexity index is 1570. The number of hydrogen-bond acceptors (Lipinski definition) is 7. The summed E-state index contributed by atoms with van der Waals surface area (Å²) in [6.07, 6.45) is 1.32. The van der Waals surface area contributed by atoms with Crippen LogP contribution in [-0.4, -0.2) is 78.5 Å². The summed E-state index contributed by atoms with van der Waals surface area (Å²) in [4.78, 5) is 72.7. The lowest BCUT2D eigenvalue weighted by atomic mass is 10.1. The number of fused-ring (bicyclic) bond motifs is 1. The minimum Gasteiger partial charge on any atom is -0.356 e. The zero-order valence-electron chi connectivity index (χ0n) is 25.1. The molecule has 0 saturated heterocycles. The summed E-state index contributed by atoms with van der Waals surface area (Å²) >= 11 is 9.77. The quantitative estimate of drug-likeness (QED) is 0.107. The highest BCUT2D eigenvalue weighted by atomic mass is 35.5. The third-order valence-corrected chi connectivity index (χ3v) is 7.39. The number of thiol groups is 1. The van der Waals surface area contributed by atoms with Crippen molar-refractivity contribution < 1.29 is 28.8 Å². The molecule has 5 N–H and O–H groups in total. The fourth-order valence-electron chi connectivity index (χ4n) is 4.51. The van der Waals surface area contributed by atoms with Crippen LogP contribution in [0.5, 0.6) is 0 Å². The van der Waals surface area contributed by atoms with Gasteiger partial charge in [-0.3, -0.25) is 33.3 Å². The predicted molar refractivity (Wildman–Crippen MR) is 174 cm³/mol. The molecular formula is C31H37ClN6O6S. The molecular weight excluding hydrogens is 620 g/mol. The lowest BCUT2D eigenvalue weighted by Gasteiger charge is -2.09. The van der Waals surface area contributed by atoms with Crippen molar-refractivity contribution in [1.82, 2.24) is 31.2 Å². The topological polar surface area (TPSA) is 168 Å². The second-order valence-corrected chi connectivity index (χ2v) is 11.1.